The summed E-state index contributed by atoms with van der Waals surface area (Å²) < 4.78 is 13.9. The Morgan fingerprint density at radius 2 is 2.06 bits per heavy atom. The molecule has 0 aliphatic rings. The molecular formula is C14H14BrFN2. The number of hydrogen-bond acceptors (Lipinski definition) is 2. The van der Waals surface area contributed by atoms with Gasteiger partial charge in [-0.1, -0.05) is 15.9 Å². The molecule has 18 heavy (non-hydrogen) atoms. The highest BCUT2D eigenvalue weighted by atomic mass is 79.9. The van der Waals surface area contributed by atoms with E-state index in [0.29, 0.717) is 0 Å². The average Bonchev–Trinajstić information content (AvgIpc) is 2.34. The molecule has 2 aromatic rings. The third kappa shape index (κ3) is 3.07. The van der Waals surface area contributed by atoms with E-state index in [1.165, 1.54) is 17.8 Å². The first-order chi connectivity index (χ1) is 8.56. The van der Waals surface area contributed by atoms with E-state index in [4.69, 9.17) is 0 Å². The standard InChI is InChI=1S/C14H14BrFN2/c1-9-7-12(4-5-13(9)15)18-10(2)14-6-3-11(16)8-17-14/h3-8,10,18H,1-2H3. The lowest BCUT2D eigenvalue weighted by molar-refractivity contribution is 0.617. The van der Waals surface area contributed by atoms with Crippen molar-refractivity contribution in [3.05, 3.63) is 58.1 Å². The largest absolute Gasteiger partial charge is 0.377 e. The van der Waals surface area contributed by atoms with E-state index in [1.54, 1.807) is 6.07 Å². The van der Waals surface area contributed by atoms with Crippen LogP contribution in [0.15, 0.2) is 41.0 Å². The summed E-state index contributed by atoms with van der Waals surface area (Å²) in [6.07, 6.45) is 1.24. The molecule has 4 heteroatoms. The number of aryl methyl sites for hydroxylation is 1. The van der Waals surface area contributed by atoms with Crippen molar-refractivity contribution in [2.45, 2.75) is 19.9 Å². The van der Waals surface area contributed by atoms with Crippen molar-refractivity contribution in [3.8, 4) is 0 Å². The second-order valence-corrected chi connectivity index (χ2v) is 5.09. The van der Waals surface area contributed by atoms with Gasteiger partial charge in [-0.3, -0.25) is 4.98 Å². The van der Waals surface area contributed by atoms with Crippen LogP contribution >= 0.6 is 15.9 Å². The molecule has 0 saturated carbocycles. The maximum Gasteiger partial charge on any atom is 0.141 e. The van der Waals surface area contributed by atoms with Gasteiger partial charge in [-0.2, -0.15) is 0 Å². The van der Waals surface area contributed by atoms with Gasteiger partial charge in [-0.15, -0.1) is 0 Å². The fourth-order valence-corrected chi connectivity index (χ4v) is 1.95. The third-order valence-electron chi connectivity index (χ3n) is 2.74. The zero-order valence-electron chi connectivity index (χ0n) is 10.2. The molecule has 1 atom stereocenters. The predicted molar refractivity (Wildman–Crippen MR) is 75.1 cm³/mol. The lowest BCUT2D eigenvalue weighted by Crippen LogP contribution is -2.08. The minimum absolute atomic E-state index is 0.0335. The molecule has 0 aliphatic carbocycles. The Hall–Kier alpha value is -1.42. The van der Waals surface area contributed by atoms with E-state index in [1.807, 2.05) is 26.0 Å². The van der Waals surface area contributed by atoms with Crippen LogP contribution in [0.5, 0.6) is 0 Å². The minimum Gasteiger partial charge on any atom is -0.377 e. The van der Waals surface area contributed by atoms with Gasteiger partial charge in [0.1, 0.15) is 5.82 Å². The highest BCUT2D eigenvalue weighted by molar-refractivity contribution is 9.10. The smallest absolute Gasteiger partial charge is 0.141 e. The summed E-state index contributed by atoms with van der Waals surface area (Å²) in [7, 11) is 0. The van der Waals surface area contributed by atoms with Crippen LogP contribution in [0.3, 0.4) is 0 Å². The predicted octanol–water partition coefficient (Wildman–Crippen LogP) is 4.46. The summed E-state index contributed by atoms with van der Waals surface area (Å²) in [5, 5.41) is 3.34. The highest BCUT2D eigenvalue weighted by Gasteiger charge is 2.07. The lowest BCUT2D eigenvalue weighted by atomic mass is 10.1. The number of nitrogens with zero attached hydrogens (tertiary/aromatic N) is 1. The number of benzene rings is 1. The molecule has 1 unspecified atom stereocenters. The first-order valence-electron chi connectivity index (χ1n) is 5.70. The Bertz CT molecular complexity index is 540. The fraction of sp³-hybridized carbons (Fsp3) is 0.214. The molecule has 0 bridgehead atoms. The SMILES string of the molecule is Cc1cc(NC(C)c2ccc(F)cn2)ccc1Br. The molecule has 0 amide bonds. The first kappa shape index (κ1) is 13.0. The molecule has 94 valence electrons. The van der Waals surface area contributed by atoms with Crippen LogP contribution in [0, 0.1) is 12.7 Å². The van der Waals surface area contributed by atoms with Crippen LogP contribution in [-0.2, 0) is 0 Å². The van der Waals surface area contributed by atoms with Crippen molar-refractivity contribution in [1.29, 1.82) is 0 Å². The van der Waals surface area contributed by atoms with Crippen LogP contribution in [0.2, 0.25) is 0 Å². The van der Waals surface area contributed by atoms with E-state index < -0.39 is 0 Å². The Kier molecular flexibility index (Phi) is 3.97. The summed E-state index contributed by atoms with van der Waals surface area (Å²) in [5.74, 6) is -0.314. The first-order valence-corrected chi connectivity index (χ1v) is 6.49. The Morgan fingerprint density at radius 1 is 1.28 bits per heavy atom. The van der Waals surface area contributed by atoms with Gasteiger partial charge in [0, 0.05) is 10.2 Å². The summed E-state index contributed by atoms with van der Waals surface area (Å²) in [6.45, 7) is 4.04. The maximum atomic E-state index is 12.8. The highest BCUT2D eigenvalue weighted by Crippen LogP contribution is 2.23. The average molecular weight is 309 g/mol. The summed E-state index contributed by atoms with van der Waals surface area (Å²) >= 11 is 3.47. The molecule has 0 saturated heterocycles. The van der Waals surface area contributed by atoms with Gasteiger partial charge in [0.05, 0.1) is 17.9 Å². The van der Waals surface area contributed by atoms with Gasteiger partial charge in [0.2, 0.25) is 0 Å². The van der Waals surface area contributed by atoms with Gasteiger partial charge < -0.3 is 5.32 Å². The van der Waals surface area contributed by atoms with Crippen LogP contribution < -0.4 is 5.32 Å². The van der Waals surface area contributed by atoms with Crippen molar-refractivity contribution in [3.63, 3.8) is 0 Å². The summed E-state index contributed by atoms with van der Waals surface area (Å²) in [5.41, 5.74) is 3.01. The van der Waals surface area contributed by atoms with E-state index in [9.17, 15) is 4.39 Å². The number of pyridine rings is 1. The topological polar surface area (TPSA) is 24.9 Å². The molecule has 2 nitrogen and oxygen atoms in total. The third-order valence-corrected chi connectivity index (χ3v) is 3.62. The van der Waals surface area contributed by atoms with Gasteiger partial charge >= 0.3 is 0 Å². The normalized spacial score (nSPS) is 12.2. The van der Waals surface area contributed by atoms with Crippen molar-refractivity contribution < 1.29 is 4.39 Å². The number of aromatic nitrogens is 1. The van der Waals surface area contributed by atoms with Crippen LogP contribution in [0.1, 0.15) is 24.2 Å². The molecule has 0 radical (unpaired) electrons. The van der Waals surface area contributed by atoms with Crippen molar-refractivity contribution in [2.75, 3.05) is 5.32 Å². The van der Waals surface area contributed by atoms with Crippen molar-refractivity contribution >= 4 is 21.6 Å². The quantitative estimate of drug-likeness (QED) is 0.905. The molecule has 1 aromatic carbocycles. The number of nitrogens with one attached hydrogen (secondary N) is 1. The second-order valence-electron chi connectivity index (χ2n) is 4.23. The lowest BCUT2D eigenvalue weighted by Gasteiger charge is -2.15. The number of hydrogen-bond donors (Lipinski definition) is 1. The monoisotopic (exact) mass is 308 g/mol. The molecule has 0 fully saturated rings. The minimum atomic E-state index is -0.314. The second kappa shape index (κ2) is 5.48. The summed E-state index contributed by atoms with van der Waals surface area (Å²) in [4.78, 5) is 4.07. The van der Waals surface area contributed by atoms with Crippen LogP contribution in [-0.4, -0.2) is 4.98 Å². The van der Waals surface area contributed by atoms with Gasteiger partial charge in [-0.25, -0.2) is 4.39 Å². The molecule has 0 spiro atoms. The van der Waals surface area contributed by atoms with Gasteiger partial charge in [0.15, 0.2) is 0 Å². The van der Waals surface area contributed by atoms with Crippen LogP contribution in [0.25, 0.3) is 0 Å². The Labute approximate surface area is 114 Å². The molecule has 1 aromatic heterocycles. The van der Waals surface area contributed by atoms with Gasteiger partial charge in [-0.05, 0) is 49.7 Å². The Morgan fingerprint density at radius 3 is 2.67 bits per heavy atom. The zero-order chi connectivity index (χ0) is 13.1. The van der Waals surface area contributed by atoms with Crippen LogP contribution in [0.4, 0.5) is 10.1 Å². The van der Waals surface area contributed by atoms with E-state index in [2.05, 4.69) is 32.3 Å². The fourth-order valence-electron chi connectivity index (χ4n) is 1.70. The maximum absolute atomic E-state index is 12.8. The Balaban J connectivity index is 2.13. The van der Waals surface area contributed by atoms with Gasteiger partial charge in [0.25, 0.3) is 0 Å². The molecule has 1 heterocycles. The molecule has 0 aliphatic heterocycles. The number of anilines is 1. The summed E-state index contributed by atoms with van der Waals surface area (Å²) in [6, 6.07) is 9.21. The number of halogens is 2. The number of rotatable bonds is 3. The van der Waals surface area contributed by atoms with E-state index in [0.717, 1.165) is 15.9 Å². The molecule has 1 N–H and O–H groups in total. The van der Waals surface area contributed by atoms with Crippen molar-refractivity contribution in [2.24, 2.45) is 0 Å². The van der Waals surface area contributed by atoms with E-state index in [-0.39, 0.29) is 11.9 Å². The zero-order valence-corrected chi connectivity index (χ0v) is 11.8. The van der Waals surface area contributed by atoms with E-state index >= 15 is 0 Å². The van der Waals surface area contributed by atoms with Crippen molar-refractivity contribution in [1.82, 2.24) is 4.98 Å². The molecule has 2 rings (SSSR count). The molecular weight excluding hydrogens is 295 g/mol.